The zero-order valence-corrected chi connectivity index (χ0v) is 10.7. The van der Waals surface area contributed by atoms with Gasteiger partial charge in [-0.25, -0.2) is 18.0 Å². The molecule has 18 heavy (non-hydrogen) atoms. The van der Waals surface area contributed by atoms with Crippen molar-refractivity contribution in [2.45, 2.75) is 31.8 Å². The normalized spacial score (nSPS) is 22.4. The lowest BCUT2D eigenvalue weighted by molar-refractivity contribution is -0.139. The SMILES string of the molecule is CCC[C@H](NC(=O)NC1C=CS(=O)(=O)C1)C(=O)O. The van der Waals surface area contributed by atoms with Gasteiger partial charge in [0, 0.05) is 5.41 Å². The lowest BCUT2D eigenvalue weighted by Gasteiger charge is -2.16. The number of carbonyl (C=O) groups is 2. The Hall–Kier alpha value is -1.57. The fourth-order valence-corrected chi connectivity index (χ4v) is 2.82. The lowest BCUT2D eigenvalue weighted by atomic mass is 10.2. The van der Waals surface area contributed by atoms with Crippen molar-refractivity contribution in [2.75, 3.05) is 5.75 Å². The average Bonchev–Trinajstić information content (AvgIpc) is 2.57. The van der Waals surface area contributed by atoms with Gasteiger partial charge < -0.3 is 15.7 Å². The lowest BCUT2D eigenvalue weighted by Crippen LogP contribution is -2.49. The molecule has 0 aromatic rings. The molecule has 0 radical (unpaired) electrons. The van der Waals surface area contributed by atoms with Gasteiger partial charge in [-0.15, -0.1) is 0 Å². The molecular weight excluding hydrogens is 260 g/mol. The molecule has 7 nitrogen and oxygen atoms in total. The summed E-state index contributed by atoms with van der Waals surface area (Å²) in [5.41, 5.74) is 0. The molecule has 2 atom stereocenters. The first kappa shape index (κ1) is 14.5. The molecule has 1 rings (SSSR count). The molecule has 1 heterocycles. The number of hydrogen-bond acceptors (Lipinski definition) is 4. The van der Waals surface area contributed by atoms with Crippen molar-refractivity contribution in [3.8, 4) is 0 Å². The van der Waals surface area contributed by atoms with Gasteiger partial charge in [-0.2, -0.15) is 0 Å². The van der Waals surface area contributed by atoms with Crippen molar-refractivity contribution in [1.82, 2.24) is 10.6 Å². The molecule has 0 saturated carbocycles. The van der Waals surface area contributed by atoms with Crippen LogP contribution in [0.15, 0.2) is 11.5 Å². The Kier molecular flexibility index (Phi) is 4.71. The van der Waals surface area contributed by atoms with E-state index in [2.05, 4.69) is 10.6 Å². The van der Waals surface area contributed by atoms with Crippen molar-refractivity contribution in [3.63, 3.8) is 0 Å². The minimum Gasteiger partial charge on any atom is -0.480 e. The van der Waals surface area contributed by atoms with E-state index in [-0.39, 0.29) is 5.75 Å². The van der Waals surface area contributed by atoms with Gasteiger partial charge in [-0.1, -0.05) is 13.3 Å². The van der Waals surface area contributed by atoms with Crippen LogP contribution in [0, 0.1) is 0 Å². The summed E-state index contributed by atoms with van der Waals surface area (Å²) in [7, 11) is -3.24. The minimum atomic E-state index is -3.24. The van der Waals surface area contributed by atoms with Gasteiger partial charge in [0.1, 0.15) is 6.04 Å². The second kappa shape index (κ2) is 5.85. The highest BCUT2D eigenvalue weighted by Crippen LogP contribution is 2.07. The summed E-state index contributed by atoms with van der Waals surface area (Å²) in [6.45, 7) is 1.81. The van der Waals surface area contributed by atoms with Crippen molar-refractivity contribution in [3.05, 3.63) is 11.5 Å². The number of sulfone groups is 1. The highest BCUT2D eigenvalue weighted by Gasteiger charge is 2.25. The molecule has 1 aliphatic heterocycles. The monoisotopic (exact) mass is 276 g/mol. The van der Waals surface area contributed by atoms with Crippen molar-refractivity contribution in [1.29, 1.82) is 0 Å². The quantitative estimate of drug-likeness (QED) is 0.646. The Balaban J connectivity index is 2.47. The van der Waals surface area contributed by atoms with Crippen LogP contribution in [0.1, 0.15) is 19.8 Å². The summed E-state index contributed by atoms with van der Waals surface area (Å²) in [6.07, 6.45) is 2.31. The number of nitrogens with one attached hydrogen (secondary N) is 2. The number of urea groups is 1. The third kappa shape index (κ3) is 4.36. The van der Waals surface area contributed by atoms with E-state index in [1.165, 1.54) is 6.08 Å². The number of aliphatic carboxylic acids is 1. The standard InChI is InChI=1S/C10H16N2O5S/c1-2-3-8(9(13)14)12-10(15)11-7-4-5-18(16,17)6-7/h4-5,7-8H,2-3,6H2,1H3,(H,13,14)(H2,11,12,15)/t7?,8-/m0/s1. The van der Waals surface area contributed by atoms with Crippen LogP contribution in [0.2, 0.25) is 0 Å². The predicted octanol–water partition coefficient (Wildman–Crippen LogP) is -0.150. The first-order valence-electron chi connectivity index (χ1n) is 5.55. The van der Waals surface area contributed by atoms with E-state index < -0.39 is 33.9 Å². The van der Waals surface area contributed by atoms with Crippen LogP contribution < -0.4 is 10.6 Å². The van der Waals surface area contributed by atoms with Gasteiger partial charge >= 0.3 is 12.0 Å². The second-order valence-corrected chi connectivity index (χ2v) is 5.99. The van der Waals surface area contributed by atoms with E-state index in [0.29, 0.717) is 12.8 Å². The number of hydrogen-bond donors (Lipinski definition) is 3. The topological polar surface area (TPSA) is 113 Å². The van der Waals surface area contributed by atoms with Gasteiger partial charge in [0.2, 0.25) is 0 Å². The Bertz CT molecular complexity index is 457. The number of amides is 2. The van der Waals surface area contributed by atoms with Gasteiger partial charge in [0.05, 0.1) is 11.8 Å². The number of carboxylic acid groups (broad SMARTS) is 1. The highest BCUT2D eigenvalue weighted by atomic mass is 32.2. The Morgan fingerprint density at radius 1 is 1.50 bits per heavy atom. The zero-order valence-electron chi connectivity index (χ0n) is 9.92. The maximum Gasteiger partial charge on any atom is 0.326 e. The van der Waals surface area contributed by atoms with Crippen LogP contribution in [-0.2, 0) is 14.6 Å². The summed E-state index contributed by atoms with van der Waals surface area (Å²) >= 11 is 0. The molecular formula is C10H16N2O5S. The number of carboxylic acids is 1. The number of carbonyl (C=O) groups excluding carboxylic acids is 1. The van der Waals surface area contributed by atoms with E-state index in [1.807, 2.05) is 6.92 Å². The molecule has 0 aromatic heterocycles. The van der Waals surface area contributed by atoms with Gasteiger partial charge in [0.15, 0.2) is 9.84 Å². The Morgan fingerprint density at radius 3 is 2.61 bits per heavy atom. The second-order valence-electron chi connectivity index (χ2n) is 4.06. The maximum atomic E-state index is 11.5. The summed E-state index contributed by atoms with van der Waals surface area (Å²) in [4.78, 5) is 22.3. The van der Waals surface area contributed by atoms with Gasteiger partial charge in [-0.3, -0.25) is 0 Å². The smallest absolute Gasteiger partial charge is 0.326 e. The molecule has 0 fully saturated rings. The van der Waals surface area contributed by atoms with Crippen LogP contribution in [0.5, 0.6) is 0 Å². The van der Waals surface area contributed by atoms with Crippen LogP contribution in [0.25, 0.3) is 0 Å². The largest absolute Gasteiger partial charge is 0.480 e. The van der Waals surface area contributed by atoms with E-state index in [4.69, 9.17) is 5.11 Å². The van der Waals surface area contributed by atoms with Crippen molar-refractivity contribution < 1.29 is 23.1 Å². The van der Waals surface area contributed by atoms with E-state index in [0.717, 1.165) is 5.41 Å². The molecule has 1 unspecified atom stereocenters. The fraction of sp³-hybridized carbons (Fsp3) is 0.600. The fourth-order valence-electron chi connectivity index (χ4n) is 1.58. The maximum absolute atomic E-state index is 11.5. The molecule has 1 aliphatic rings. The van der Waals surface area contributed by atoms with Crippen molar-refractivity contribution >= 4 is 21.8 Å². The first-order chi connectivity index (χ1) is 8.34. The molecule has 0 spiro atoms. The average molecular weight is 276 g/mol. The molecule has 0 bridgehead atoms. The molecule has 2 amide bonds. The predicted molar refractivity (Wildman–Crippen MR) is 64.7 cm³/mol. The van der Waals surface area contributed by atoms with Crippen molar-refractivity contribution in [2.24, 2.45) is 0 Å². The summed E-state index contributed by atoms with van der Waals surface area (Å²) in [5, 5.41) is 14.6. The molecule has 0 aliphatic carbocycles. The molecule has 0 aromatic carbocycles. The Labute approximate surface area is 105 Å². The minimum absolute atomic E-state index is 0.189. The third-order valence-corrected chi connectivity index (χ3v) is 3.82. The number of rotatable bonds is 5. The van der Waals surface area contributed by atoms with Crippen LogP contribution in [0.3, 0.4) is 0 Å². The summed E-state index contributed by atoms with van der Waals surface area (Å²) in [5.74, 6) is -1.30. The Morgan fingerprint density at radius 2 is 2.17 bits per heavy atom. The summed E-state index contributed by atoms with van der Waals surface area (Å²) < 4.78 is 22.2. The third-order valence-electron chi connectivity index (χ3n) is 2.43. The van der Waals surface area contributed by atoms with Gasteiger partial charge in [-0.05, 0) is 12.5 Å². The summed E-state index contributed by atoms with van der Waals surface area (Å²) in [6, 6.07) is -2.24. The van der Waals surface area contributed by atoms with E-state index in [9.17, 15) is 18.0 Å². The van der Waals surface area contributed by atoms with Crippen LogP contribution in [-0.4, -0.2) is 43.4 Å². The molecule has 0 saturated heterocycles. The van der Waals surface area contributed by atoms with E-state index >= 15 is 0 Å². The van der Waals surface area contributed by atoms with Crippen LogP contribution in [0.4, 0.5) is 4.79 Å². The molecule has 8 heteroatoms. The molecule has 102 valence electrons. The molecule has 3 N–H and O–H groups in total. The highest BCUT2D eigenvalue weighted by molar-refractivity contribution is 7.94. The zero-order chi connectivity index (χ0) is 13.8. The first-order valence-corrected chi connectivity index (χ1v) is 7.26. The van der Waals surface area contributed by atoms with Crippen LogP contribution >= 0.6 is 0 Å². The van der Waals surface area contributed by atoms with Gasteiger partial charge in [0.25, 0.3) is 0 Å². The van der Waals surface area contributed by atoms with E-state index in [1.54, 1.807) is 0 Å².